The molecule has 1 aromatic heterocycles. The number of H-pyrrole nitrogens is 2. The maximum Gasteiger partial charge on any atom is 0.340 e. The molecule has 27 heavy (non-hydrogen) atoms. The monoisotopic (exact) mass is 367 g/mol. The first-order valence-corrected chi connectivity index (χ1v) is 8.52. The summed E-state index contributed by atoms with van der Waals surface area (Å²) in [6.45, 7) is 2.36. The van der Waals surface area contributed by atoms with Gasteiger partial charge in [0.1, 0.15) is 0 Å². The molecule has 4 rings (SSSR count). The minimum Gasteiger partial charge on any atom is -0.322 e. The third-order valence-electron chi connectivity index (χ3n) is 4.71. The third-order valence-corrected chi connectivity index (χ3v) is 4.71. The van der Waals surface area contributed by atoms with E-state index in [-0.39, 0.29) is 19.0 Å². The highest BCUT2D eigenvalue weighted by molar-refractivity contribution is 6.05. The van der Waals surface area contributed by atoms with Gasteiger partial charge in [0.05, 0.1) is 0 Å². The fourth-order valence-electron chi connectivity index (χ4n) is 2.99. The van der Waals surface area contributed by atoms with Gasteiger partial charge in [-0.15, -0.1) is 0 Å². The number of aromatic nitrogens is 3. The Bertz CT molecular complexity index is 1070. The number of benzene rings is 2. The van der Waals surface area contributed by atoms with Crippen molar-refractivity contribution in [1.82, 2.24) is 20.5 Å². The van der Waals surface area contributed by atoms with Gasteiger partial charge in [0.2, 0.25) is 0 Å². The number of amides is 1. The summed E-state index contributed by atoms with van der Waals surface area (Å²) in [5, 5.41) is 12.0. The van der Waals surface area contributed by atoms with E-state index in [1.807, 2.05) is 13.0 Å². The maximum absolute atomic E-state index is 14.6. The minimum atomic E-state index is -1.42. The van der Waals surface area contributed by atoms with Crippen LogP contribution in [0, 0.1) is 6.92 Å². The lowest BCUT2D eigenvalue weighted by atomic mass is 9.89. The van der Waals surface area contributed by atoms with Crippen LogP contribution in [0.5, 0.6) is 0 Å². The van der Waals surface area contributed by atoms with E-state index in [2.05, 4.69) is 25.8 Å². The molecule has 0 radical (unpaired) electrons. The van der Waals surface area contributed by atoms with Gasteiger partial charge in [-0.3, -0.25) is 9.78 Å². The van der Waals surface area contributed by atoms with Crippen LogP contribution in [0.2, 0.25) is 0 Å². The number of nitrogens with zero attached hydrogens (tertiary/aromatic N) is 1. The Balaban J connectivity index is 1.60. The van der Waals surface area contributed by atoms with Crippen molar-refractivity contribution in [3.63, 3.8) is 0 Å². The van der Waals surface area contributed by atoms with Crippen molar-refractivity contribution >= 4 is 11.6 Å². The van der Waals surface area contributed by atoms with Gasteiger partial charge in [-0.25, -0.2) is 14.3 Å². The van der Waals surface area contributed by atoms with Crippen LogP contribution in [0.3, 0.4) is 0 Å². The van der Waals surface area contributed by atoms with E-state index in [0.717, 1.165) is 5.56 Å². The molecule has 4 N–H and O–H groups in total. The third kappa shape index (κ3) is 3.26. The van der Waals surface area contributed by atoms with Gasteiger partial charge < -0.3 is 10.6 Å². The SMILES string of the molecule is Cc1ccc(-c2n[nH]c(=O)[nH]2)cc1NC(=O)c1cccc(C2(F)CNC2)c1. The van der Waals surface area contributed by atoms with Gasteiger partial charge in [0.15, 0.2) is 11.5 Å². The number of carbonyl (C=O) groups is 1. The molecule has 0 atom stereocenters. The van der Waals surface area contributed by atoms with Crippen LogP contribution in [-0.2, 0) is 5.67 Å². The molecule has 1 amide bonds. The quantitative estimate of drug-likeness (QED) is 0.567. The first-order chi connectivity index (χ1) is 12.9. The fourth-order valence-corrected chi connectivity index (χ4v) is 2.99. The molecule has 0 saturated carbocycles. The number of halogens is 1. The van der Waals surface area contributed by atoms with Gasteiger partial charge in [-0.05, 0) is 36.2 Å². The first kappa shape index (κ1) is 17.2. The normalized spacial score (nSPS) is 15.2. The summed E-state index contributed by atoms with van der Waals surface area (Å²) in [7, 11) is 0. The van der Waals surface area contributed by atoms with E-state index in [4.69, 9.17) is 0 Å². The van der Waals surface area contributed by atoms with Crippen LogP contribution < -0.4 is 16.3 Å². The topological polar surface area (TPSA) is 103 Å². The van der Waals surface area contributed by atoms with E-state index < -0.39 is 11.4 Å². The summed E-state index contributed by atoms with van der Waals surface area (Å²) in [6.07, 6.45) is 0. The Labute approximate surface area is 154 Å². The van der Waals surface area contributed by atoms with Crippen LogP contribution in [0.4, 0.5) is 10.1 Å². The van der Waals surface area contributed by atoms with Crippen molar-refractivity contribution < 1.29 is 9.18 Å². The Morgan fingerprint density at radius 3 is 2.70 bits per heavy atom. The molecule has 0 unspecified atom stereocenters. The summed E-state index contributed by atoms with van der Waals surface area (Å²) in [4.78, 5) is 26.5. The van der Waals surface area contributed by atoms with Crippen LogP contribution in [0.1, 0.15) is 21.5 Å². The molecule has 8 heteroatoms. The average molecular weight is 367 g/mol. The molecule has 0 spiro atoms. The van der Waals surface area contributed by atoms with Crippen LogP contribution in [-0.4, -0.2) is 34.2 Å². The maximum atomic E-state index is 14.6. The first-order valence-electron chi connectivity index (χ1n) is 8.52. The number of alkyl halides is 1. The number of hydrogen-bond acceptors (Lipinski definition) is 4. The number of anilines is 1. The Kier molecular flexibility index (Phi) is 4.12. The molecule has 1 fully saturated rings. The zero-order valence-corrected chi connectivity index (χ0v) is 14.6. The predicted octanol–water partition coefficient (Wildman–Crippen LogP) is 2.09. The highest BCUT2D eigenvalue weighted by atomic mass is 19.1. The average Bonchev–Trinajstić information content (AvgIpc) is 3.08. The lowest BCUT2D eigenvalue weighted by molar-refractivity contribution is 0.0889. The molecule has 1 aliphatic heterocycles. The van der Waals surface area contributed by atoms with Crippen LogP contribution in [0.25, 0.3) is 11.4 Å². The molecule has 3 aromatic rings. The second-order valence-electron chi connectivity index (χ2n) is 6.66. The standard InChI is InChI=1S/C19H18FN5O2/c1-11-5-6-12(16-23-18(27)25-24-16)8-15(11)22-17(26)13-3-2-4-14(7-13)19(20)9-21-10-19/h2-8,21H,9-10H2,1H3,(H,22,26)(H2,23,24,25,27). The number of aromatic amines is 2. The molecule has 0 aliphatic carbocycles. The smallest absolute Gasteiger partial charge is 0.322 e. The van der Waals surface area contributed by atoms with E-state index in [9.17, 15) is 14.0 Å². The molecule has 0 bridgehead atoms. The molecule has 2 heterocycles. The van der Waals surface area contributed by atoms with Crippen LogP contribution in [0.15, 0.2) is 47.3 Å². The zero-order valence-electron chi connectivity index (χ0n) is 14.6. The van der Waals surface area contributed by atoms with Crippen molar-refractivity contribution in [2.75, 3.05) is 18.4 Å². The van der Waals surface area contributed by atoms with Crippen molar-refractivity contribution in [2.24, 2.45) is 0 Å². The lowest BCUT2D eigenvalue weighted by Crippen LogP contribution is -2.53. The molecule has 2 aromatic carbocycles. The van der Waals surface area contributed by atoms with E-state index in [1.165, 1.54) is 0 Å². The van der Waals surface area contributed by atoms with E-state index in [0.29, 0.717) is 28.2 Å². The van der Waals surface area contributed by atoms with Gasteiger partial charge in [0, 0.05) is 29.9 Å². The molecule has 1 aliphatic rings. The summed E-state index contributed by atoms with van der Waals surface area (Å²) < 4.78 is 14.6. The van der Waals surface area contributed by atoms with Crippen molar-refractivity contribution in [3.8, 4) is 11.4 Å². The Hall–Kier alpha value is -3.26. The van der Waals surface area contributed by atoms with E-state index >= 15 is 0 Å². The fraction of sp³-hybridized carbons (Fsp3) is 0.211. The van der Waals surface area contributed by atoms with Crippen molar-refractivity contribution in [2.45, 2.75) is 12.6 Å². The summed E-state index contributed by atoms with van der Waals surface area (Å²) in [5.74, 6) is 0.0536. The Morgan fingerprint density at radius 2 is 2.04 bits per heavy atom. The summed E-state index contributed by atoms with van der Waals surface area (Å²) in [5.41, 5.74) is 1.16. The summed E-state index contributed by atoms with van der Waals surface area (Å²) >= 11 is 0. The Morgan fingerprint density at radius 1 is 1.22 bits per heavy atom. The van der Waals surface area contributed by atoms with Crippen LogP contribution >= 0.6 is 0 Å². The minimum absolute atomic E-state index is 0.251. The van der Waals surface area contributed by atoms with Crippen molar-refractivity contribution in [1.29, 1.82) is 0 Å². The number of rotatable bonds is 4. The van der Waals surface area contributed by atoms with Gasteiger partial charge in [-0.2, -0.15) is 5.10 Å². The van der Waals surface area contributed by atoms with E-state index in [1.54, 1.807) is 36.4 Å². The molecular formula is C19H18FN5O2. The predicted molar refractivity (Wildman–Crippen MR) is 99.4 cm³/mol. The number of nitrogens with one attached hydrogen (secondary N) is 4. The largest absolute Gasteiger partial charge is 0.340 e. The molecule has 7 nitrogen and oxygen atoms in total. The van der Waals surface area contributed by atoms with Gasteiger partial charge >= 0.3 is 5.69 Å². The zero-order chi connectivity index (χ0) is 19.0. The molecule has 1 saturated heterocycles. The highest BCUT2D eigenvalue weighted by Crippen LogP contribution is 2.30. The number of aryl methyl sites for hydroxylation is 1. The second-order valence-corrected chi connectivity index (χ2v) is 6.66. The summed E-state index contributed by atoms with van der Waals surface area (Å²) in [6, 6.07) is 12.0. The van der Waals surface area contributed by atoms with Gasteiger partial charge in [-0.1, -0.05) is 24.3 Å². The molecule has 138 valence electrons. The highest BCUT2D eigenvalue weighted by Gasteiger charge is 2.39. The number of carbonyl (C=O) groups excluding carboxylic acids is 1. The van der Waals surface area contributed by atoms with Crippen molar-refractivity contribution in [3.05, 3.63) is 69.6 Å². The lowest BCUT2D eigenvalue weighted by Gasteiger charge is -2.35. The molecular weight excluding hydrogens is 349 g/mol. The van der Waals surface area contributed by atoms with Gasteiger partial charge in [0.25, 0.3) is 5.91 Å². The number of hydrogen-bond donors (Lipinski definition) is 4. The second kappa shape index (κ2) is 6.48.